The van der Waals surface area contributed by atoms with E-state index in [9.17, 15) is 4.79 Å². The van der Waals surface area contributed by atoms with Crippen molar-refractivity contribution in [3.63, 3.8) is 0 Å². The molecule has 3 heterocycles. The highest BCUT2D eigenvalue weighted by Crippen LogP contribution is 2.40. The van der Waals surface area contributed by atoms with Gasteiger partial charge in [0, 0.05) is 35.1 Å². The third-order valence-electron chi connectivity index (χ3n) is 7.96. The Morgan fingerprint density at radius 1 is 1.00 bits per heavy atom. The number of nitrogens with one attached hydrogen (secondary N) is 2. The van der Waals surface area contributed by atoms with Gasteiger partial charge in [-0.1, -0.05) is 36.2 Å². The Hall–Kier alpha value is -4.36. The summed E-state index contributed by atoms with van der Waals surface area (Å²) in [7, 11) is 0. The molecular weight excluding hydrogens is 643 g/mol. The van der Waals surface area contributed by atoms with Crippen molar-refractivity contribution >= 4 is 34.6 Å². The van der Waals surface area contributed by atoms with Gasteiger partial charge in [-0.3, -0.25) is 0 Å². The second kappa shape index (κ2) is 14.6. The van der Waals surface area contributed by atoms with Crippen LogP contribution in [0.15, 0.2) is 90.5 Å². The maximum absolute atomic E-state index is 12.7. The lowest BCUT2D eigenvalue weighted by Crippen LogP contribution is -2.35. The van der Waals surface area contributed by atoms with Gasteiger partial charge in [-0.25, -0.2) is 23.7 Å². The van der Waals surface area contributed by atoms with E-state index in [4.69, 9.17) is 37.4 Å². The Morgan fingerprint density at radius 2 is 1.72 bits per heavy atom. The van der Waals surface area contributed by atoms with Gasteiger partial charge in [-0.2, -0.15) is 10.2 Å². The first-order valence-electron chi connectivity index (χ1n) is 15.4. The van der Waals surface area contributed by atoms with Gasteiger partial charge in [-0.15, -0.1) is 0 Å². The second-order valence-corrected chi connectivity index (χ2v) is 12.1. The molecule has 5 aromatic rings. The summed E-state index contributed by atoms with van der Waals surface area (Å²) in [5, 5.41) is 16.2. The van der Waals surface area contributed by atoms with Crippen LogP contribution in [0.1, 0.15) is 31.9 Å². The fourth-order valence-corrected chi connectivity index (χ4v) is 5.82. The Kier molecular flexibility index (Phi) is 10.1. The predicted molar refractivity (Wildman–Crippen MR) is 181 cm³/mol. The molecule has 2 aromatic heterocycles. The average molecular weight is 680 g/mol. The van der Waals surface area contributed by atoms with Crippen LogP contribution in [0.5, 0.6) is 5.75 Å². The lowest BCUT2D eigenvalue weighted by Gasteiger charge is -2.29. The van der Waals surface area contributed by atoms with Crippen LogP contribution in [0, 0.1) is 0 Å². The van der Waals surface area contributed by atoms with Crippen molar-refractivity contribution in [3.05, 3.63) is 112 Å². The SMILES string of the molecule is CC[C@H](C)n1ncn(-c2ccc(NCCNc3ccc(OC[C@H]4CO[C@](Cn5cncn5)(c5ccc(Cl)cc5Cl)O4)cc3)cc2)c1=O. The van der Waals surface area contributed by atoms with Crippen LogP contribution < -0.4 is 21.1 Å². The van der Waals surface area contributed by atoms with Crippen molar-refractivity contribution in [1.29, 1.82) is 0 Å². The molecule has 1 aliphatic rings. The molecule has 14 heteroatoms. The average Bonchev–Trinajstić information content (AvgIpc) is 3.84. The summed E-state index contributed by atoms with van der Waals surface area (Å²) in [4.78, 5) is 16.7. The molecule has 1 aliphatic heterocycles. The van der Waals surface area contributed by atoms with Crippen molar-refractivity contribution in [3.8, 4) is 11.4 Å². The summed E-state index contributed by atoms with van der Waals surface area (Å²) in [6.45, 7) is 6.29. The third kappa shape index (κ3) is 7.62. The summed E-state index contributed by atoms with van der Waals surface area (Å²) < 4.78 is 23.4. The number of aromatic nitrogens is 6. The molecular formula is C33H36Cl2N8O4. The van der Waals surface area contributed by atoms with Crippen LogP contribution >= 0.6 is 23.2 Å². The van der Waals surface area contributed by atoms with E-state index in [-0.39, 0.29) is 31.0 Å². The molecule has 47 heavy (non-hydrogen) atoms. The van der Waals surface area contributed by atoms with Crippen molar-refractivity contribution in [1.82, 2.24) is 29.1 Å². The predicted octanol–water partition coefficient (Wildman–Crippen LogP) is 5.77. The molecule has 3 atom stereocenters. The zero-order valence-corrected chi connectivity index (χ0v) is 27.6. The van der Waals surface area contributed by atoms with Crippen molar-refractivity contribution < 1.29 is 14.2 Å². The molecule has 0 unspecified atom stereocenters. The smallest absolute Gasteiger partial charge is 0.350 e. The fourth-order valence-electron chi connectivity index (χ4n) is 5.26. The van der Waals surface area contributed by atoms with Gasteiger partial charge >= 0.3 is 5.69 Å². The number of hydrogen-bond donors (Lipinski definition) is 2. The molecule has 0 amide bonds. The molecule has 2 N–H and O–H groups in total. The van der Waals surface area contributed by atoms with Crippen molar-refractivity contribution in [2.24, 2.45) is 0 Å². The van der Waals surface area contributed by atoms with E-state index in [1.54, 1.807) is 40.1 Å². The number of halogens is 2. The summed E-state index contributed by atoms with van der Waals surface area (Å²) in [5.74, 6) is -0.450. The minimum absolute atomic E-state index is 0.0579. The third-order valence-corrected chi connectivity index (χ3v) is 8.51. The quantitative estimate of drug-likeness (QED) is 0.141. The van der Waals surface area contributed by atoms with Crippen LogP contribution in [0.4, 0.5) is 11.4 Å². The molecule has 246 valence electrons. The van der Waals surface area contributed by atoms with Crippen LogP contribution in [0.25, 0.3) is 5.69 Å². The Bertz CT molecular complexity index is 1810. The van der Waals surface area contributed by atoms with Gasteiger partial charge in [0.1, 0.15) is 44.0 Å². The molecule has 0 bridgehead atoms. The van der Waals surface area contributed by atoms with E-state index in [1.165, 1.54) is 11.0 Å². The van der Waals surface area contributed by atoms with E-state index in [2.05, 4.69) is 25.8 Å². The van der Waals surface area contributed by atoms with Gasteiger partial charge in [0.2, 0.25) is 5.79 Å². The molecule has 0 radical (unpaired) electrons. The molecule has 3 aromatic carbocycles. The summed E-state index contributed by atoms with van der Waals surface area (Å²) in [6.07, 6.45) is 5.12. The molecule has 12 nitrogen and oxygen atoms in total. The highest BCUT2D eigenvalue weighted by Gasteiger charge is 2.45. The van der Waals surface area contributed by atoms with E-state index in [1.807, 2.05) is 62.4 Å². The lowest BCUT2D eigenvalue weighted by molar-refractivity contribution is -0.190. The standard InChI is InChI=1S/C33H36Cl2N8O4/c1-3-23(2)43-32(44)42(22-40-43)27-9-5-25(6-10-27)37-14-15-38-26-7-11-28(12-8-26)45-17-29-18-46-33(47-29,19-41-21-36-20-39-41)30-13-4-24(34)16-31(30)35/h4-13,16,20-23,29,37-38H,3,14-15,17-19H2,1-2H3/t23-,29-,33-/m0/s1. The Labute approximate surface area is 282 Å². The first-order valence-corrected chi connectivity index (χ1v) is 16.2. The highest BCUT2D eigenvalue weighted by molar-refractivity contribution is 6.35. The normalized spacial score (nSPS) is 18.3. The van der Waals surface area contributed by atoms with Crippen LogP contribution in [-0.4, -0.2) is 61.5 Å². The number of rotatable bonds is 14. The van der Waals surface area contributed by atoms with E-state index < -0.39 is 5.79 Å². The van der Waals surface area contributed by atoms with Crippen LogP contribution in [-0.2, 0) is 21.8 Å². The summed E-state index contributed by atoms with van der Waals surface area (Å²) in [5.41, 5.74) is 3.23. The number of benzene rings is 3. The van der Waals surface area contributed by atoms with Gasteiger partial charge in [0.25, 0.3) is 0 Å². The number of nitrogens with zero attached hydrogens (tertiary/aromatic N) is 6. The van der Waals surface area contributed by atoms with Gasteiger partial charge in [0.05, 0.1) is 23.4 Å². The van der Waals surface area contributed by atoms with E-state index >= 15 is 0 Å². The second-order valence-electron chi connectivity index (χ2n) is 11.2. The summed E-state index contributed by atoms with van der Waals surface area (Å²) in [6, 6.07) is 20.8. The fraction of sp³-hybridized carbons (Fsp3) is 0.333. The minimum atomic E-state index is -1.16. The molecule has 6 rings (SSSR count). The van der Waals surface area contributed by atoms with Crippen molar-refractivity contribution in [2.45, 2.75) is 44.7 Å². The largest absolute Gasteiger partial charge is 0.491 e. The van der Waals surface area contributed by atoms with Crippen LogP contribution in [0.2, 0.25) is 10.0 Å². The van der Waals surface area contributed by atoms with Crippen LogP contribution in [0.3, 0.4) is 0 Å². The maximum atomic E-state index is 12.7. The zero-order valence-electron chi connectivity index (χ0n) is 26.1. The number of anilines is 2. The summed E-state index contributed by atoms with van der Waals surface area (Å²) >= 11 is 12.7. The minimum Gasteiger partial charge on any atom is -0.491 e. The number of hydrogen-bond acceptors (Lipinski definition) is 9. The highest BCUT2D eigenvalue weighted by atomic mass is 35.5. The van der Waals surface area contributed by atoms with E-state index in [0.29, 0.717) is 41.1 Å². The molecule has 0 spiro atoms. The Balaban J connectivity index is 0.967. The lowest BCUT2D eigenvalue weighted by atomic mass is 10.1. The van der Waals surface area contributed by atoms with Gasteiger partial charge in [0.15, 0.2) is 0 Å². The first kappa shape index (κ1) is 32.6. The van der Waals surface area contributed by atoms with Gasteiger partial charge < -0.3 is 24.8 Å². The van der Waals surface area contributed by atoms with E-state index in [0.717, 1.165) is 23.5 Å². The molecule has 0 saturated carbocycles. The van der Waals surface area contributed by atoms with Gasteiger partial charge in [-0.05, 0) is 74.0 Å². The van der Waals surface area contributed by atoms with Crippen molar-refractivity contribution in [2.75, 3.05) is 36.9 Å². The Morgan fingerprint density at radius 3 is 2.38 bits per heavy atom. The molecule has 1 fully saturated rings. The molecule has 0 aliphatic carbocycles. The molecule has 1 saturated heterocycles. The monoisotopic (exact) mass is 678 g/mol. The topological polar surface area (TPSA) is 122 Å². The first-order chi connectivity index (χ1) is 22.8. The maximum Gasteiger partial charge on any atom is 0.350 e. The zero-order chi connectivity index (χ0) is 32.8. The number of ether oxygens (including phenoxy) is 3.